The van der Waals surface area contributed by atoms with Crippen molar-refractivity contribution >= 4 is 24.7 Å². The number of furan rings is 1. The zero-order chi connectivity index (χ0) is 19.8. The van der Waals surface area contributed by atoms with Gasteiger partial charge >= 0.3 is 0 Å². The molecule has 1 amide bonds. The summed E-state index contributed by atoms with van der Waals surface area (Å²) < 4.78 is 14.6. The third-order valence-corrected chi connectivity index (χ3v) is 5.57. The van der Waals surface area contributed by atoms with E-state index < -0.39 is 0 Å². The van der Waals surface area contributed by atoms with Crippen LogP contribution in [-0.2, 0) is 0 Å². The molecule has 0 spiro atoms. The van der Waals surface area contributed by atoms with Gasteiger partial charge in [0.15, 0.2) is 0 Å². The number of benzene rings is 2. The highest BCUT2D eigenvalue weighted by atomic mass is 16.3. The van der Waals surface area contributed by atoms with E-state index in [-0.39, 0.29) is 25.1 Å². The van der Waals surface area contributed by atoms with Crippen LogP contribution in [0.1, 0.15) is 61.9 Å². The number of rotatable bonds is 3. The molecule has 4 rings (SSSR count). The van der Waals surface area contributed by atoms with Crippen molar-refractivity contribution in [2.75, 3.05) is 7.05 Å². The van der Waals surface area contributed by atoms with Crippen molar-refractivity contribution in [2.24, 2.45) is 0 Å². The number of aryl methyl sites for hydroxylation is 1. The van der Waals surface area contributed by atoms with Gasteiger partial charge in [0, 0.05) is 18.0 Å². The molecule has 28 heavy (non-hydrogen) atoms. The molecule has 4 heteroatoms. The smallest absolute Gasteiger partial charge is 0.255 e. The van der Waals surface area contributed by atoms with Gasteiger partial charge in [-0.3, -0.25) is 4.79 Å². The lowest BCUT2D eigenvalue weighted by atomic mass is 9.69. The number of carbonyl (C=O) groups is 1. The number of hydrogen-bond acceptors (Lipinski definition) is 2. The minimum absolute atomic E-state index is 0. The summed E-state index contributed by atoms with van der Waals surface area (Å²) in [5, 5.41) is 3.50. The second-order valence-electron chi connectivity index (χ2n) is 7.54. The first-order chi connectivity index (χ1) is 13.5. The molecular weight excluding hydrogens is 345 g/mol. The molecule has 1 aromatic heterocycles. The molecule has 3 aromatic rings. The van der Waals surface area contributed by atoms with E-state index in [1.165, 1.54) is 0 Å². The zero-order valence-electron chi connectivity index (χ0n) is 16.8. The van der Waals surface area contributed by atoms with Crippen LogP contribution < -0.4 is 5.32 Å². The van der Waals surface area contributed by atoms with Crippen LogP contribution in [0, 0.1) is 6.92 Å². The molecule has 144 valence electrons. The Bertz CT molecular complexity index is 1030. The SMILES string of the molecule is C.[2H]c1cc2oc(-c3ccc(C)cc3)c(C(=O)NC)c2cc1C1CCCC([B])C1. The van der Waals surface area contributed by atoms with Crippen LogP contribution in [-0.4, -0.2) is 20.8 Å². The van der Waals surface area contributed by atoms with E-state index in [0.717, 1.165) is 47.8 Å². The lowest BCUT2D eigenvalue weighted by Crippen LogP contribution is -2.18. The van der Waals surface area contributed by atoms with Crippen molar-refractivity contribution in [3.63, 3.8) is 0 Å². The molecule has 1 aliphatic rings. The van der Waals surface area contributed by atoms with Crippen LogP contribution in [0.2, 0.25) is 5.82 Å². The number of amides is 1. The Morgan fingerprint density at radius 1 is 1.25 bits per heavy atom. The maximum atomic E-state index is 12.7. The zero-order valence-corrected chi connectivity index (χ0v) is 15.8. The van der Waals surface area contributed by atoms with Gasteiger partial charge in [-0.1, -0.05) is 68.4 Å². The van der Waals surface area contributed by atoms with E-state index in [1.807, 2.05) is 37.3 Å². The molecule has 2 radical (unpaired) electrons. The van der Waals surface area contributed by atoms with Crippen molar-refractivity contribution < 1.29 is 10.6 Å². The molecule has 1 saturated carbocycles. The highest BCUT2D eigenvalue weighted by Crippen LogP contribution is 2.40. The summed E-state index contributed by atoms with van der Waals surface area (Å²) >= 11 is 0. The molecule has 1 N–H and O–H groups in total. The first kappa shape index (κ1) is 18.9. The Hall–Kier alpha value is -2.49. The van der Waals surface area contributed by atoms with Crippen LogP contribution >= 0.6 is 0 Å². The summed E-state index contributed by atoms with van der Waals surface area (Å²) in [7, 11) is 7.80. The van der Waals surface area contributed by atoms with Crippen molar-refractivity contribution in [1.29, 1.82) is 0 Å². The molecule has 0 saturated heterocycles. The fourth-order valence-electron chi connectivity index (χ4n) is 4.06. The second kappa shape index (κ2) is 8.26. The van der Waals surface area contributed by atoms with Crippen molar-refractivity contribution in [3.8, 4) is 11.3 Å². The van der Waals surface area contributed by atoms with Gasteiger partial charge in [-0.15, -0.1) is 0 Å². The molecule has 1 fully saturated rings. The number of fused-ring (bicyclic) bond motifs is 1. The van der Waals surface area contributed by atoms with Crippen LogP contribution in [0.15, 0.2) is 46.9 Å². The fraction of sp³-hybridized carbons (Fsp3) is 0.375. The van der Waals surface area contributed by atoms with Crippen molar-refractivity contribution in [1.82, 2.24) is 5.32 Å². The van der Waals surface area contributed by atoms with Gasteiger partial charge in [-0.25, -0.2) is 0 Å². The topological polar surface area (TPSA) is 42.2 Å². The largest absolute Gasteiger partial charge is 0.455 e. The fourth-order valence-corrected chi connectivity index (χ4v) is 4.06. The maximum absolute atomic E-state index is 12.7. The number of hydrogen-bond donors (Lipinski definition) is 1. The monoisotopic (exact) mass is 374 g/mol. The maximum Gasteiger partial charge on any atom is 0.255 e. The van der Waals surface area contributed by atoms with Gasteiger partial charge in [0.25, 0.3) is 5.91 Å². The molecular formula is C24H28BNO2. The molecule has 2 unspecified atom stereocenters. The van der Waals surface area contributed by atoms with E-state index in [1.54, 1.807) is 13.1 Å². The normalized spacial score (nSPS) is 19.7. The number of nitrogens with one attached hydrogen (secondary N) is 1. The average Bonchev–Trinajstić information content (AvgIpc) is 3.05. The summed E-state index contributed by atoms with van der Waals surface area (Å²) in [6.45, 7) is 2.02. The Kier molecular flexibility index (Phi) is 5.56. The van der Waals surface area contributed by atoms with Gasteiger partial charge in [0.2, 0.25) is 0 Å². The third kappa shape index (κ3) is 3.73. The van der Waals surface area contributed by atoms with Gasteiger partial charge in [-0.05, 0) is 37.0 Å². The minimum Gasteiger partial charge on any atom is -0.455 e. The average molecular weight is 374 g/mol. The third-order valence-electron chi connectivity index (χ3n) is 5.57. The predicted octanol–water partition coefficient (Wildman–Crippen LogP) is 6.02. The first-order valence-electron chi connectivity index (χ1n) is 10.1. The number of carbonyl (C=O) groups excluding carboxylic acids is 1. The molecule has 3 nitrogen and oxygen atoms in total. The summed E-state index contributed by atoms with van der Waals surface area (Å²) in [5.41, 5.74) is 4.06. The summed E-state index contributed by atoms with van der Waals surface area (Å²) in [6, 6.07) is 12.1. The lowest BCUT2D eigenvalue weighted by molar-refractivity contribution is 0.0964. The molecule has 2 aromatic carbocycles. The predicted molar refractivity (Wildman–Crippen MR) is 117 cm³/mol. The molecule has 0 bridgehead atoms. The summed E-state index contributed by atoms with van der Waals surface area (Å²) in [6.07, 6.45) is 4.03. The van der Waals surface area contributed by atoms with E-state index in [4.69, 9.17) is 13.6 Å². The van der Waals surface area contributed by atoms with Crippen LogP contribution in [0.4, 0.5) is 0 Å². The van der Waals surface area contributed by atoms with E-state index in [0.29, 0.717) is 22.9 Å². The van der Waals surface area contributed by atoms with E-state index in [2.05, 4.69) is 5.32 Å². The van der Waals surface area contributed by atoms with Crippen LogP contribution in [0.5, 0.6) is 0 Å². The van der Waals surface area contributed by atoms with Crippen molar-refractivity contribution in [3.05, 3.63) is 59.1 Å². The van der Waals surface area contributed by atoms with Crippen molar-refractivity contribution in [2.45, 2.75) is 51.8 Å². The molecule has 1 heterocycles. The second-order valence-corrected chi connectivity index (χ2v) is 7.54. The van der Waals surface area contributed by atoms with Crippen LogP contribution in [0.25, 0.3) is 22.3 Å². The Balaban J connectivity index is 0.00000240. The highest BCUT2D eigenvalue weighted by molar-refractivity contribution is 6.12. The minimum atomic E-state index is -0.182. The van der Waals surface area contributed by atoms with Gasteiger partial charge < -0.3 is 9.73 Å². The molecule has 2 atom stereocenters. The van der Waals surface area contributed by atoms with Gasteiger partial charge in [0.05, 0.1) is 14.8 Å². The Labute approximate surface area is 170 Å². The Morgan fingerprint density at radius 3 is 2.68 bits per heavy atom. The highest BCUT2D eigenvalue weighted by Gasteiger charge is 2.24. The molecule has 0 aliphatic heterocycles. The Morgan fingerprint density at radius 2 is 2.00 bits per heavy atom. The van der Waals surface area contributed by atoms with E-state index >= 15 is 0 Å². The quantitative estimate of drug-likeness (QED) is 0.570. The van der Waals surface area contributed by atoms with Crippen LogP contribution in [0.3, 0.4) is 0 Å². The molecule has 1 aliphatic carbocycles. The van der Waals surface area contributed by atoms with E-state index in [9.17, 15) is 4.79 Å². The standard InChI is InChI=1S/C23H24BNO2.CH4/c1-14-6-8-15(9-7-14)22-21(23(26)25-2)19-13-17(10-11-20(19)27-22)16-4-3-5-18(24)12-16;/h6-11,13,16,18H,3-5,12H2,1-2H3,(H,25,26);1H4/i10D;. The first-order valence-corrected chi connectivity index (χ1v) is 9.59. The lowest BCUT2D eigenvalue weighted by Gasteiger charge is -2.27. The summed E-state index contributed by atoms with van der Waals surface area (Å²) in [5.74, 6) is 0.806. The van der Waals surface area contributed by atoms with Gasteiger partial charge in [0.1, 0.15) is 11.3 Å². The summed E-state index contributed by atoms with van der Waals surface area (Å²) in [4.78, 5) is 12.7. The van der Waals surface area contributed by atoms with Gasteiger partial charge in [-0.2, -0.15) is 0 Å².